The number of nitrogens with one attached hydrogen (secondary N) is 1. The van der Waals surface area contributed by atoms with Crippen molar-refractivity contribution in [2.24, 2.45) is 0 Å². The molecule has 3 rings (SSSR count). The van der Waals surface area contributed by atoms with Gasteiger partial charge in [-0.1, -0.05) is 29.8 Å². The van der Waals surface area contributed by atoms with Gasteiger partial charge in [0.25, 0.3) is 0 Å². The van der Waals surface area contributed by atoms with E-state index in [2.05, 4.69) is 5.32 Å². The molecule has 0 radical (unpaired) electrons. The van der Waals surface area contributed by atoms with Gasteiger partial charge in [0.1, 0.15) is 5.75 Å². The molecule has 0 aliphatic heterocycles. The summed E-state index contributed by atoms with van der Waals surface area (Å²) in [5, 5.41) is 13.2. The molecule has 0 bridgehead atoms. The second kappa shape index (κ2) is 8.22. The van der Waals surface area contributed by atoms with Crippen LogP contribution in [0.1, 0.15) is 22.9 Å². The third-order valence-corrected chi connectivity index (χ3v) is 5.06. The molecule has 3 aromatic rings. The van der Waals surface area contributed by atoms with Crippen LogP contribution >= 0.6 is 11.3 Å². The van der Waals surface area contributed by atoms with Gasteiger partial charge in [-0.15, -0.1) is 11.3 Å². The topological polar surface area (TPSA) is 71.5 Å². The zero-order chi connectivity index (χ0) is 19.4. The summed E-state index contributed by atoms with van der Waals surface area (Å²) in [5.41, 5.74) is 4.68. The lowest BCUT2D eigenvalue weighted by Crippen LogP contribution is -2.00. The number of thiazole rings is 1. The van der Waals surface area contributed by atoms with Crippen molar-refractivity contribution in [3.05, 3.63) is 58.5 Å². The largest absolute Gasteiger partial charge is 0.492 e. The smallest absolute Gasteiger partial charge is 0.308 e. The van der Waals surface area contributed by atoms with E-state index in [1.165, 1.54) is 11.3 Å². The molecule has 0 amide bonds. The van der Waals surface area contributed by atoms with Crippen LogP contribution in [0.3, 0.4) is 0 Å². The molecule has 2 N–H and O–H groups in total. The molecule has 1 heterocycles. The fourth-order valence-electron chi connectivity index (χ4n) is 2.83. The van der Waals surface area contributed by atoms with Crippen LogP contribution in [0.15, 0.2) is 42.5 Å². The molecule has 1 aromatic heterocycles. The summed E-state index contributed by atoms with van der Waals surface area (Å²) in [6.07, 6.45) is -0.0603. The molecule has 2 aromatic carbocycles. The first-order valence-corrected chi connectivity index (χ1v) is 9.57. The van der Waals surface area contributed by atoms with E-state index in [4.69, 9.17) is 9.72 Å². The quantitative estimate of drug-likeness (QED) is 0.588. The van der Waals surface area contributed by atoms with E-state index >= 15 is 0 Å². The highest BCUT2D eigenvalue weighted by atomic mass is 32.1. The minimum absolute atomic E-state index is 0.0603. The maximum Gasteiger partial charge on any atom is 0.308 e. The summed E-state index contributed by atoms with van der Waals surface area (Å²) in [4.78, 5) is 16.8. The predicted molar refractivity (Wildman–Crippen MR) is 109 cm³/mol. The average Bonchev–Trinajstić information content (AvgIpc) is 3.00. The minimum atomic E-state index is -0.869. The lowest BCUT2D eigenvalue weighted by molar-refractivity contribution is -0.136. The van der Waals surface area contributed by atoms with E-state index in [0.717, 1.165) is 38.7 Å². The van der Waals surface area contributed by atoms with Gasteiger partial charge in [0.2, 0.25) is 0 Å². The van der Waals surface area contributed by atoms with Gasteiger partial charge in [-0.3, -0.25) is 4.79 Å². The van der Waals surface area contributed by atoms with E-state index in [0.29, 0.717) is 11.7 Å². The number of carbonyl (C=O) groups is 1. The van der Waals surface area contributed by atoms with Crippen molar-refractivity contribution in [1.29, 1.82) is 0 Å². The first-order valence-electron chi connectivity index (χ1n) is 8.76. The van der Waals surface area contributed by atoms with Crippen molar-refractivity contribution in [3.63, 3.8) is 0 Å². The van der Waals surface area contributed by atoms with Gasteiger partial charge >= 0.3 is 5.97 Å². The van der Waals surface area contributed by atoms with Crippen LogP contribution in [0.25, 0.3) is 11.3 Å². The Bertz CT molecular complexity index is 966. The van der Waals surface area contributed by atoms with Crippen molar-refractivity contribution in [2.45, 2.75) is 27.2 Å². The van der Waals surface area contributed by atoms with Gasteiger partial charge in [-0.05, 0) is 44.5 Å². The second-order valence-corrected chi connectivity index (χ2v) is 7.32. The van der Waals surface area contributed by atoms with Gasteiger partial charge in [0, 0.05) is 10.4 Å². The number of aromatic nitrogens is 1. The van der Waals surface area contributed by atoms with Crippen LogP contribution in [-0.2, 0) is 11.2 Å². The Morgan fingerprint density at radius 1 is 1.22 bits per heavy atom. The van der Waals surface area contributed by atoms with E-state index in [9.17, 15) is 9.90 Å². The van der Waals surface area contributed by atoms with Crippen molar-refractivity contribution in [2.75, 3.05) is 11.9 Å². The molecule has 0 unspecified atom stereocenters. The van der Waals surface area contributed by atoms with Gasteiger partial charge in [0.15, 0.2) is 5.13 Å². The zero-order valence-electron chi connectivity index (χ0n) is 15.6. The Morgan fingerprint density at radius 2 is 2.00 bits per heavy atom. The van der Waals surface area contributed by atoms with Crippen LogP contribution in [0, 0.1) is 13.8 Å². The lowest BCUT2D eigenvalue weighted by Gasteiger charge is -2.10. The lowest BCUT2D eigenvalue weighted by atomic mass is 10.0. The molecular formula is C21H22N2O3S. The maximum absolute atomic E-state index is 11.3. The summed E-state index contributed by atoms with van der Waals surface area (Å²) in [6.45, 7) is 6.53. The molecule has 0 atom stereocenters. The standard InChI is InChI=1S/C21H22N2O3S/c1-4-26-17-8-6-5-7-16(17)22-21-23-20(18(27-21)12-19(24)25)15-11-13(2)9-10-14(15)3/h5-11H,4,12H2,1-3H3,(H,22,23)(H,24,25). The van der Waals surface area contributed by atoms with Gasteiger partial charge in [-0.2, -0.15) is 0 Å². The normalized spacial score (nSPS) is 10.6. The molecule has 0 aliphatic carbocycles. The number of carboxylic acid groups (broad SMARTS) is 1. The van der Waals surface area contributed by atoms with Crippen molar-refractivity contribution in [1.82, 2.24) is 4.98 Å². The minimum Gasteiger partial charge on any atom is -0.492 e. The number of aliphatic carboxylic acids is 1. The number of carboxylic acids is 1. The number of hydrogen-bond acceptors (Lipinski definition) is 5. The Balaban J connectivity index is 2.02. The van der Waals surface area contributed by atoms with Crippen molar-refractivity contribution < 1.29 is 14.6 Å². The Hall–Kier alpha value is -2.86. The van der Waals surface area contributed by atoms with E-state index in [1.807, 2.05) is 63.2 Å². The fraction of sp³-hybridized carbons (Fsp3) is 0.238. The van der Waals surface area contributed by atoms with Gasteiger partial charge < -0.3 is 15.2 Å². The summed E-state index contributed by atoms with van der Waals surface area (Å²) in [6, 6.07) is 13.8. The van der Waals surface area contributed by atoms with Crippen molar-refractivity contribution in [3.8, 4) is 17.0 Å². The third-order valence-electron chi connectivity index (χ3n) is 4.09. The molecule has 0 saturated carbocycles. The SMILES string of the molecule is CCOc1ccccc1Nc1nc(-c2cc(C)ccc2C)c(CC(=O)O)s1. The molecule has 0 saturated heterocycles. The highest BCUT2D eigenvalue weighted by Crippen LogP contribution is 2.36. The highest BCUT2D eigenvalue weighted by molar-refractivity contribution is 7.16. The molecule has 6 heteroatoms. The number of hydrogen-bond donors (Lipinski definition) is 2. The number of para-hydroxylation sites is 2. The maximum atomic E-state index is 11.3. The molecule has 27 heavy (non-hydrogen) atoms. The number of aryl methyl sites for hydroxylation is 2. The van der Waals surface area contributed by atoms with Crippen LogP contribution in [0.2, 0.25) is 0 Å². The Kier molecular flexibility index (Phi) is 5.76. The van der Waals surface area contributed by atoms with Gasteiger partial charge in [0.05, 0.1) is 24.4 Å². The van der Waals surface area contributed by atoms with Crippen LogP contribution in [0.5, 0.6) is 5.75 Å². The third kappa shape index (κ3) is 4.46. The number of ether oxygens (including phenoxy) is 1. The van der Waals surface area contributed by atoms with Gasteiger partial charge in [-0.25, -0.2) is 4.98 Å². The number of rotatable bonds is 7. The fourth-order valence-corrected chi connectivity index (χ4v) is 3.81. The Morgan fingerprint density at radius 3 is 2.74 bits per heavy atom. The monoisotopic (exact) mass is 382 g/mol. The highest BCUT2D eigenvalue weighted by Gasteiger charge is 2.18. The van der Waals surface area contributed by atoms with Crippen LogP contribution < -0.4 is 10.1 Å². The second-order valence-electron chi connectivity index (χ2n) is 6.23. The first kappa shape index (κ1) is 18.9. The number of nitrogens with zero attached hydrogens (tertiary/aromatic N) is 1. The first-order chi connectivity index (χ1) is 13.0. The molecule has 0 aliphatic rings. The van der Waals surface area contributed by atoms with Crippen LogP contribution in [0.4, 0.5) is 10.8 Å². The van der Waals surface area contributed by atoms with Crippen LogP contribution in [-0.4, -0.2) is 22.7 Å². The Labute approximate surface area is 162 Å². The number of anilines is 2. The van der Waals surface area contributed by atoms with E-state index in [-0.39, 0.29) is 6.42 Å². The molecular weight excluding hydrogens is 360 g/mol. The van der Waals surface area contributed by atoms with Crippen molar-refractivity contribution >= 4 is 28.1 Å². The summed E-state index contributed by atoms with van der Waals surface area (Å²) in [5.74, 6) is -0.130. The summed E-state index contributed by atoms with van der Waals surface area (Å²) in [7, 11) is 0. The molecule has 5 nitrogen and oxygen atoms in total. The average molecular weight is 382 g/mol. The van der Waals surface area contributed by atoms with E-state index in [1.54, 1.807) is 0 Å². The molecule has 140 valence electrons. The zero-order valence-corrected chi connectivity index (χ0v) is 16.4. The molecule has 0 fully saturated rings. The number of benzene rings is 2. The predicted octanol–water partition coefficient (Wildman–Crippen LogP) is 5.20. The summed E-state index contributed by atoms with van der Waals surface area (Å²) < 4.78 is 5.65. The summed E-state index contributed by atoms with van der Waals surface area (Å²) >= 11 is 1.36. The van der Waals surface area contributed by atoms with E-state index < -0.39 is 5.97 Å². The molecule has 0 spiro atoms.